The summed E-state index contributed by atoms with van der Waals surface area (Å²) in [6.45, 7) is 7.65. The van der Waals surface area contributed by atoms with Gasteiger partial charge < -0.3 is 14.4 Å². The Morgan fingerprint density at radius 2 is 1.73 bits per heavy atom. The first kappa shape index (κ1) is 30.6. The van der Waals surface area contributed by atoms with Crippen LogP contribution in [0.4, 0.5) is 23.4 Å². The van der Waals surface area contributed by atoms with Crippen molar-refractivity contribution in [3.8, 4) is 11.1 Å². The van der Waals surface area contributed by atoms with E-state index in [-0.39, 0.29) is 81.7 Å². The highest BCUT2D eigenvalue weighted by Gasteiger charge is 2.40. The van der Waals surface area contributed by atoms with Gasteiger partial charge in [-0.2, -0.15) is 18.2 Å². The fraction of sp³-hybridized carbons (Fsp3) is 0.312. The quantitative estimate of drug-likeness (QED) is 0.222. The Kier molecular flexibility index (Phi) is 7.84. The topological polar surface area (TPSA) is 80.4 Å². The van der Waals surface area contributed by atoms with Crippen molar-refractivity contribution in [2.45, 2.75) is 49.6 Å². The monoisotopic (exact) mass is 639 g/mol. The molecule has 2 aromatic heterocycles. The number of benzene rings is 2. The third kappa shape index (κ3) is 5.43. The van der Waals surface area contributed by atoms with Crippen molar-refractivity contribution in [3.05, 3.63) is 99.6 Å². The van der Waals surface area contributed by atoms with Crippen LogP contribution in [0.25, 0.3) is 22.0 Å². The average molecular weight is 640 g/mol. The molecule has 0 bridgehead atoms. The summed E-state index contributed by atoms with van der Waals surface area (Å²) in [6, 6.07) is 9.15. The van der Waals surface area contributed by atoms with Crippen LogP contribution >= 0.6 is 11.8 Å². The lowest BCUT2D eigenvalue weighted by Gasteiger charge is -2.44. The minimum Gasteiger partial charge on any atom is -0.352 e. The highest BCUT2D eigenvalue weighted by Crippen LogP contribution is 2.49. The average Bonchev–Trinajstić information content (AvgIpc) is 3.19. The molecule has 0 unspecified atom stereocenters. The molecule has 6 rings (SSSR count). The molecule has 4 heterocycles. The molecule has 2 aliphatic rings. The number of pyridine rings is 1. The number of alkyl halides is 3. The molecular formula is C32H29F4N5O3S. The number of aromatic nitrogens is 3. The first-order chi connectivity index (χ1) is 21.4. The summed E-state index contributed by atoms with van der Waals surface area (Å²) in [4.78, 5) is 47.1. The van der Waals surface area contributed by atoms with E-state index in [9.17, 15) is 31.9 Å². The third-order valence-electron chi connectivity index (χ3n) is 8.34. The van der Waals surface area contributed by atoms with Gasteiger partial charge in [-0.3, -0.25) is 14.2 Å². The van der Waals surface area contributed by atoms with Gasteiger partial charge in [0.05, 0.1) is 17.1 Å². The molecule has 8 nitrogen and oxygen atoms in total. The van der Waals surface area contributed by atoms with E-state index in [1.165, 1.54) is 33.4 Å². The predicted octanol–water partition coefficient (Wildman–Crippen LogP) is 5.34. The van der Waals surface area contributed by atoms with Gasteiger partial charge in [0.1, 0.15) is 11.6 Å². The molecule has 0 spiro atoms. The number of carbonyl (C=O) groups excluding carboxylic acids is 1. The first-order valence-corrected chi connectivity index (χ1v) is 15.3. The van der Waals surface area contributed by atoms with Gasteiger partial charge in [0.2, 0.25) is 5.91 Å². The van der Waals surface area contributed by atoms with E-state index >= 15 is 0 Å². The van der Waals surface area contributed by atoms with Crippen molar-refractivity contribution < 1.29 is 22.4 Å². The van der Waals surface area contributed by atoms with E-state index in [0.29, 0.717) is 0 Å². The Hall–Kier alpha value is -4.39. The van der Waals surface area contributed by atoms with E-state index in [0.717, 1.165) is 30.0 Å². The lowest BCUT2D eigenvalue weighted by Crippen LogP contribution is -2.58. The van der Waals surface area contributed by atoms with Gasteiger partial charge in [-0.15, -0.1) is 11.8 Å². The fourth-order valence-corrected chi connectivity index (χ4v) is 7.81. The number of hydrogen-bond donors (Lipinski definition) is 0. The van der Waals surface area contributed by atoms with Crippen LogP contribution in [0.3, 0.4) is 0 Å². The summed E-state index contributed by atoms with van der Waals surface area (Å²) < 4.78 is 61.6. The molecule has 13 heteroatoms. The molecule has 2 aliphatic heterocycles. The zero-order valence-corrected chi connectivity index (χ0v) is 25.2. The SMILES string of the molecule is C=CC(=O)N1[C@H](C)CN(c2nc(=O)n3c4c(c(-c5ccc(F)cc5)c(C(F)(F)F)cc24)SC[C@@H](n2ccccc2=O)C3)C[C@@H]1C. The molecule has 0 radical (unpaired) electrons. The zero-order chi connectivity index (χ0) is 32.2. The summed E-state index contributed by atoms with van der Waals surface area (Å²) in [5, 5.41) is 0.124. The Balaban J connectivity index is 1.64. The van der Waals surface area contributed by atoms with Crippen molar-refractivity contribution in [1.29, 1.82) is 0 Å². The summed E-state index contributed by atoms with van der Waals surface area (Å²) >= 11 is 1.12. The minimum atomic E-state index is -4.81. The van der Waals surface area contributed by atoms with Gasteiger partial charge in [0.25, 0.3) is 5.56 Å². The van der Waals surface area contributed by atoms with Gasteiger partial charge in [-0.05, 0) is 49.8 Å². The standard InChI is InChI=1S/C32H29F4N5O3S/c1-4-25(42)41-18(2)14-38(15-19(41)3)30-23-13-24(32(34,35)36)27(20-8-10-21(33)11-9-20)29-28(23)40(31(44)37-30)16-22(17-45-29)39-12-6-5-7-26(39)43/h4-13,18-19,22H,1,14-17H2,2-3H3/t18-,19+,22-/m0/s1. The molecular weight excluding hydrogens is 610 g/mol. The van der Waals surface area contributed by atoms with Crippen LogP contribution in [0.2, 0.25) is 0 Å². The molecule has 1 fully saturated rings. The second-order valence-electron chi connectivity index (χ2n) is 11.3. The molecule has 1 amide bonds. The van der Waals surface area contributed by atoms with Crippen LogP contribution in [-0.2, 0) is 17.5 Å². The highest BCUT2D eigenvalue weighted by atomic mass is 32.2. The minimum absolute atomic E-state index is 0.00479. The number of halogens is 4. The molecule has 2 aromatic carbocycles. The van der Waals surface area contributed by atoms with Crippen LogP contribution in [0.15, 0.2) is 81.9 Å². The fourth-order valence-electron chi connectivity index (χ4n) is 6.46. The highest BCUT2D eigenvalue weighted by molar-refractivity contribution is 7.99. The van der Waals surface area contributed by atoms with E-state index in [4.69, 9.17) is 0 Å². The lowest BCUT2D eigenvalue weighted by atomic mass is 9.96. The van der Waals surface area contributed by atoms with Gasteiger partial charge in [0.15, 0.2) is 0 Å². The normalized spacial score (nSPS) is 20.3. The molecule has 0 N–H and O–H groups in total. The Morgan fingerprint density at radius 1 is 1.04 bits per heavy atom. The van der Waals surface area contributed by atoms with Crippen LogP contribution < -0.4 is 16.1 Å². The van der Waals surface area contributed by atoms with Crippen LogP contribution in [0.5, 0.6) is 0 Å². The number of hydrogen-bond acceptors (Lipinski definition) is 6. The van der Waals surface area contributed by atoms with Gasteiger partial charge in [0, 0.05) is 65.6 Å². The molecule has 4 aromatic rings. The second kappa shape index (κ2) is 11.5. The largest absolute Gasteiger partial charge is 0.417 e. The molecule has 45 heavy (non-hydrogen) atoms. The number of piperazine rings is 1. The Morgan fingerprint density at radius 3 is 2.36 bits per heavy atom. The molecule has 1 saturated heterocycles. The van der Waals surface area contributed by atoms with Gasteiger partial charge in [-0.25, -0.2) is 9.18 Å². The number of carbonyl (C=O) groups is 1. The summed E-state index contributed by atoms with van der Waals surface area (Å²) in [5.41, 5.74) is -1.71. The molecule has 3 atom stereocenters. The van der Waals surface area contributed by atoms with E-state index < -0.39 is 29.3 Å². The third-order valence-corrected chi connectivity index (χ3v) is 9.58. The van der Waals surface area contributed by atoms with Gasteiger partial charge in [-0.1, -0.05) is 24.8 Å². The van der Waals surface area contributed by atoms with E-state index in [2.05, 4.69) is 11.6 Å². The summed E-state index contributed by atoms with van der Waals surface area (Å²) in [6.07, 6.45) is -2.01. The van der Waals surface area contributed by atoms with Crippen LogP contribution in [0, 0.1) is 5.82 Å². The lowest BCUT2D eigenvalue weighted by molar-refractivity contribution is -0.137. The number of anilines is 1. The summed E-state index contributed by atoms with van der Waals surface area (Å²) in [7, 11) is 0. The van der Waals surface area contributed by atoms with Crippen molar-refractivity contribution in [1.82, 2.24) is 19.0 Å². The van der Waals surface area contributed by atoms with Gasteiger partial charge >= 0.3 is 11.9 Å². The maximum absolute atomic E-state index is 14.9. The number of nitrogens with zero attached hydrogens (tertiary/aromatic N) is 5. The summed E-state index contributed by atoms with van der Waals surface area (Å²) in [5.74, 6) is -0.598. The van der Waals surface area contributed by atoms with Crippen molar-refractivity contribution >= 4 is 34.4 Å². The number of amides is 1. The van der Waals surface area contributed by atoms with Crippen molar-refractivity contribution in [3.63, 3.8) is 0 Å². The maximum Gasteiger partial charge on any atom is 0.417 e. The van der Waals surface area contributed by atoms with Crippen molar-refractivity contribution in [2.24, 2.45) is 0 Å². The smallest absolute Gasteiger partial charge is 0.352 e. The van der Waals surface area contributed by atoms with Crippen LogP contribution in [-0.4, -0.2) is 55.9 Å². The second-order valence-corrected chi connectivity index (χ2v) is 12.4. The predicted molar refractivity (Wildman–Crippen MR) is 165 cm³/mol. The van der Waals surface area contributed by atoms with Crippen molar-refractivity contribution in [2.75, 3.05) is 23.7 Å². The maximum atomic E-state index is 14.9. The Labute approximate surface area is 259 Å². The molecule has 0 aliphatic carbocycles. The molecule has 234 valence electrons. The van der Waals surface area contributed by atoms with Crippen LogP contribution in [0.1, 0.15) is 25.5 Å². The zero-order valence-electron chi connectivity index (χ0n) is 24.4. The number of thioether (sulfide) groups is 1. The number of rotatable bonds is 4. The first-order valence-electron chi connectivity index (χ1n) is 14.3. The van der Waals surface area contributed by atoms with E-state index in [1.54, 1.807) is 28.1 Å². The Bertz CT molecular complexity index is 1930. The molecule has 0 saturated carbocycles. The van der Waals surface area contributed by atoms with E-state index in [1.807, 2.05) is 13.8 Å².